The van der Waals surface area contributed by atoms with Gasteiger partial charge in [-0.05, 0) is 51.0 Å². The molecule has 0 aromatic rings. The lowest BCUT2D eigenvalue weighted by Gasteiger charge is -2.35. The number of allylic oxidation sites excluding steroid dienone is 4. The minimum atomic E-state index is -1.59. The third kappa shape index (κ3) is 4.49. The van der Waals surface area contributed by atoms with E-state index in [4.69, 9.17) is 4.74 Å². The summed E-state index contributed by atoms with van der Waals surface area (Å²) in [6, 6.07) is -0.907. The largest absolute Gasteiger partial charge is 0.480 e. The molecule has 2 atom stereocenters. The van der Waals surface area contributed by atoms with Crippen molar-refractivity contribution in [3.05, 3.63) is 58.5 Å². The van der Waals surface area contributed by atoms with E-state index in [1.54, 1.807) is 24.3 Å². The van der Waals surface area contributed by atoms with E-state index in [-0.39, 0.29) is 23.4 Å². The third-order valence-corrected chi connectivity index (χ3v) is 6.34. The molecule has 2 unspecified atom stereocenters. The number of aliphatic carboxylic acids is 1. The number of hydrogen-bond acceptors (Lipinski definition) is 6. The number of hydrogen-bond donors (Lipinski definition) is 1. The molecule has 0 spiro atoms. The van der Waals surface area contributed by atoms with Crippen molar-refractivity contribution in [2.45, 2.75) is 77.9 Å². The van der Waals surface area contributed by atoms with Gasteiger partial charge >= 0.3 is 11.9 Å². The molecular weight excluding hydrogens is 422 g/mol. The molecule has 7 nitrogen and oxygen atoms in total. The second-order valence-electron chi connectivity index (χ2n) is 8.76. The van der Waals surface area contributed by atoms with Crippen molar-refractivity contribution in [2.75, 3.05) is 0 Å². The van der Waals surface area contributed by atoms with Crippen molar-refractivity contribution in [3.8, 4) is 0 Å². The fraction of sp³-hybridized carbons (Fsp3) is 0.462. The number of Topliss-reactive ketones (excluding diaryl/α,β-unsaturated/α-hetero) is 2. The number of nitrogens with zero attached hydrogens (tertiary/aromatic N) is 1. The summed E-state index contributed by atoms with van der Waals surface area (Å²) >= 11 is 0. The second kappa shape index (κ2) is 9.73. The van der Waals surface area contributed by atoms with Crippen LogP contribution in [-0.2, 0) is 23.9 Å². The van der Waals surface area contributed by atoms with Crippen LogP contribution in [0.1, 0.15) is 66.2 Å². The summed E-state index contributed by atoms with van der Waals surface area (Å²) in [6.07, 6.45) is 13.5. The van der Waals surface area contributed by atoms with Gasteiger partial charge in [0.2, 0.25) is 5.78 Å². The van der Waals surface area contributed by atoms with Crippen LogP contribution in [0.15, 0.2) is 58.5 Å². The molecule has 0 saturated carbocycles. The number of esters is 1. The van der Waals surface area contributed by atoms with E-state index < -0.39 is 29.4 Å². The van der Waals surface area contributed by atoms with Crippen molar-refractivity contribution in [2.24, 2.45) is 0 Å². The maximum atomic E-state index is 13.5. The van der Waals surface area contributed by atoms with E-state index in [2.05, 4.69) is 6.92 Å². The van der Waals surface area contributed by atoms with E-state index in [0.29, 0.717) is 23.3 Å². The Morgan fingerprint density at radius 3 is 2.52 bits per heavy atom. The summed E-state index contributed by atoms with van der Waals surface area (Å²) in [5.41, 5.74) is 0.0243. The number of carbonyl (C=O) groups excluding carboxylic acids is 3. The molecule has 1 aliphatic carbocycles. The molecule has 0 amide bonds. The predicted octanol–water partition coefficient (Wildman–Crippen LogP) is 4.17. The molecule has 0 radical (unpaired) electrons. The van der Waals surface area contributed by atoms with Gasteiger partial charge < -0.3 is 14.7 Å². The average molecular weight is 454 g/mol. The van der Waals surface area contributed by atoms with Crippen LogP contribution < -0.4 is 0 Å². The van der Waals surface area contributed by atoms with Crippen LogP contribution in [0.4, 0.5) is 0 Å². The highest BCUT2D eigenvalue weighted by Crippen LogP contribution is 2.44. The van der Waals surface area contributed by atoms with E-state index in [9.17, 15) is 24.3 Å². The Morgan fingerprint density at radius 1 is 1.18 bits per heavy atom. The summed E-state index contributed by atoms with van der Waals surface area (Å²) in [6.45, 7) is 6.95. The summed E-state index contributed by atoms with van der Waals surface area (Å²) in [4.78, 5) is 52.2. The number of unbranched alkanes of at least 4 members (excludes halogenated alkanes) is 4. The molecule has 0 saturated heterocycles. The number of rotatable bonds is 10. The molecule has 0 fully saturated rings. The van der Waals surface area contributed by atoms with Gasteiger partial charge in [-0.25, -0.2) is 9.59 Å². The summed E-state index contributed by atoms with van der Waals surface area (Å²) in [5, 5.41) is 9.50. The Morgan fingerprint density at radius 2 is 1.88 bits per heavy atom. The van der Waals surface area contributed by atoms with Crippen LogP contribution in [-0.4, -0.2) is 45.2 Å². The Kier molecular flexibility index (Phi) is 7.20. The number of ether oxygens (including phenoxy) is 1. The van der Waals surface area contributed by atoms with Gasteiger partial charge in [-0.1, -0.05) is 38.7 Å². The van der Waals surface area contributed by atoms with Gasteiger partial charge in [-0.3, -0.25) is 9.59 Å². The molecule has 7 heteroatoms. The quantitative estimate of drug-likeness (QED) is 0.301. The van der Waals surface area contributed by atoms with Crippen LogP contribution >= 0.6 is 0 Å². The molecule has 0 bridgehead atoms. The molecule has 0 aromatic carbocycles. The molecule has 176 valence electrons. The summed E-state index contributed by atoms with van der Waals surface area (Å²) < 4.78 is 5.47. The third-order valence-electron chi connectivity index (χ3n) is 6.34. The van der Waals surface area contributed by atoms with Crippen molar-refractivity contribution >= 4 is 23.5 Å². The topological polar surface area (TPSA) is 101 Å². The SMILES string of the molecule is CC=CC1=CC2=CC3=C(C(=O)CCCCCCC)C(=O)OC3(C)C(=O)C2=CN1C(C)C(=O)O. The van der Waals surface area contributed by atoms with Gasteiger partial charge in [0.05, 0.1) is 0 Å². The maximum absolute atomic E-state index is 13.5. The molecule has 33 heavy (non-hydrogen) atoms. The predicted molar refractivity (Wildman–Crippen MR) is 123 cm³/mol. The zero-order valence-electron chi connectivity index (χ0n) is 19.6. The standard InChI is InChI=1S/C26H31NO6/c1-5-7-8-9-10-12-21(28)22-20-14-17-13-18(11-6-2)27(16(3)24(30)31)15-19(17)23(29)26(20,4)33-25(22)32/h6,11,13-16H,5,7-10,12H2,1-4H3,(H,30,31). The lowest BCUT2D eigenvalue weighted by molar-refractivity contribution is -0.153. The Balaban J connectivity index is 2.01. The van der Waals surface area contributed by atoms with Crippen molar-refractivity contribution < 1.29 is 29.0 Å². The minimum Gasteiger partial charge on any atom is -0.480 e. The minimum absolute atomic E-state index is 0.0461. The molecule has 1 N–H and O–H groups in total. The normalized spacial score (nSPS) is 23.0. The maximum Gasteiger partial charge on any atom is 0.343 e. The molecular formula is C26H31NO6. The zero-order valence-corrected chi connectivity index (χ0v) is 19.6. The van der Waals surface area contributed by atoms with E-state index in [1.165, 1.54) is 24.9 Å². The van der Waals surface area contributed by atoms with Crippen LogP contribution in [0, 0.1) is 0 Å². The van der Waals surface area contributed by atoms with Gasteiger partial charge in [0, 0.05) is 29.5 Å². The number of carboxylic acids is 1. The van der Waals surface area contributed by atoms with E-state index >= 15 is 0 Å². The number of ketones is 2. The number of carboxylic acid groups (broad SMARTS) is 1. The average Bonchev–Trinajstić information content (AvgIpc) is 3.03. The first-order valence-electron chi connectivity index (χ1n) is 11.5. The van der Waals surface area contributed by atoms with E-state index in [1.807, 2.05) is 6.92 Å². The van der Waals surface area contributed by atoms with Crippen molar-refractivity contribution in [3.63, 3.8) is 0 Å². The van der Waals surface area contributed by atoms with Crippen LogP contribution in [0.3, 0.4) is 0 Å². The zero-order chi connectivity index (χ0) is 24.3. The summed E-state index contributed by atoms with van der Waals surface area (Å²) in [5.74, 6) is -2.58. The van der Waals surface area contributed by atoms with E-state index in [0.717, 1.165) is 25.7 Å². The van der Waals surface area contributed by atoms with Crippen molar-refractivity contribution in [1.29, 1.82) is 0 Å². The molecule has 2 heterocycles. The number of carbonyl (C=O) groups is 4. The smallest absolute Gasteiger partial charge is 0.343 e. The first-order valence-corrected chi connectivity index (χ1v) is 11.5. The second-order valence-corrected chi connectivity index (χ2v) is 8.76. The molecule has 3 rings (SSSR count). The van der Waals surface area contributed by atoms with Gasteiger partial charge in [0.25, 0.3) is 0 Å². The highest BCUT2D eigenvalue weighted by Gasteiger charge is 2.54. The van der Waals surface area contributed by atoms with Crippen LogP contribution in [0.2, 0.25) is 0 Å². The van der Waals surface area contributed by atoms with Crippen LogP contribution in [0.25, 0.3) is 0 Å². The van der Waals surface area contributed by atoms with Crippen LogP contribution in [0.5, 0.6) is 0 Å². The van der Waals surface area contributed by atoms with Gasteiger partial charge in [0.1, 0.15) is 11.6 Å². The monoisotopic (exact) mass is 453 g/mol. The Hall–Kier alpha value is -3.22. The molecule has 3 aliphatic rings. The highest BCUT2D eigenvalue weighted by molar-refractivity contribution is 6.25. The molecule has 0 aromatic heterocycles. The van der Waals surface area contributed by atoms with Gasteiger partial charge in [0.15, 0.2) is 11.4 Å². The first-order chi connectivity index (χ1) is 15.7. The fourth-order valence-electron chi connectivity index (χ4n) is 4.38. The summed E-state index contributed by atoms with van der Waals surface area (Å²) in [7, 11) is 0. The lowest BCUT2D eigenvalue weighted by atomic mass is 9.76. The number of fused-ring (bicyclic) bond motifs is 2. The Labute approximate surface area is 194 Å². The fourth-order valence-corrected chi connectivity index (χ4v) is 4.38. The lowest BCUT2D eigenvalue weighted by Crippen LogP contribution is -2.44. The van der Waals surface area contributed by atoms with Gasteiger partial charge in [-0.2, -0.15) is 0 Å². The Bertz CT molecular complexity index is 1040. The highest BCUT2D eigenvalue weighted by atomic mass is 16.6. The molecule has 2 aliphatic heterocycles. The van der Waals surface area contributed by atoms with Crippen molar-refractivity contribution in [1.82, 2.24) is 4.90 Å². The van der Waals surface area contributed by atoms with Gasteiger partial charge in [-0.15, -0.1) is 0 Å². The first kappa shape index (κ1) is 24.4.